The maximum absolute atomic E-state index is 13.0. The van der Waals surface area contributed by atoms with Gasteiger partial charge in [0, 0.05) is 21.2 Å². The minimum atomic E-state index is -0.424. The summed E-state index contributed by atoms with van der Waals surface area (Å²) in [5.74, 6) is -0.0212. The average Bonchev–Trinajstić information content (AvgIpc) is 2.39. The van der Waals surface area contributed by atoms with Gasteiger partial charge >= 0.3 is 0 Å². The molecule has 2 nitrogen and oxygen atoms in total. The molecule has 0 fully saturated rings. The van der Waals surface area contributed by atoms with Gasteiger partial charge in [0.05, 0.1) is 6.61 Å². The van der Waals surface area contributed by atoms with Crippen LogP contribution in [0.3, 0.4) is 0 Å². The molecule has 0 aliphatic heterocycles. The highest BCUT2D eigenvalue weighted by molar-refractivity contribution is 6.35. The summed E-state index contributed by atoms with van der Waals surface area (Å²) in [6.45, 7) is -0.152. The van der Waals surface area contributed by atoms with Crippen molar-refractivity contribution in [3.05, 3.63) is 63.4 Å². The molecule has 0 spiro atoms. The van der Waals surface area contributed by atoms with E-state index in [1.165, 1.54) is 18.2 Å². The monoisotopic (exact) mass is 300 g/mol. The number of ether oxygens (including phenoxy) is 1. The van der Waals surface area contributed by atoms with Crippen LogP contribution in [-0.4, -0.2) is 5.11 Å². The van der Waals surface area contributed by atoms with Crippen molar-refractivity contribution in [2.24, 2.45) is 0 Å². The van der Waals surface area contributed by atoms with Gasteiger partial charge < -0.3 is 9.84 Å². The summed E-state index contributed by atoms with van der Waals surface area (Å²) in [6, 6.07) is 9.12. The number of benzene rings is 2. The molecule has 19 heavy (non-hydrogen) atoms. The highest BCUT2D eigenvalue weighted by atomic mass is 35.5. The van der Waals surface area contributed by atoms with E-state index < -0.39 is 5.82 Å². The van der Waals surface area contributed by atoms with Crippen LogP contribution >= 0.6 is 23.2 Å². The van der Waals surface area contributed by atoms with Gasteiger partial charge in [0.15, 0.2) is 0 Å². The largest absolute Gasteiger partial charge is 0.488 e. The van der Waals surface area contributed by atoms with Gasteiger partial charge in [0.2, 0.25) is 0 Å². The lowest BCUT2D eigenvalue weighted by atomic mass is 10.2. The molecule has 0 saturated heterocycles. The Balaban J connectivity index is 2.19. The highest BCUT2D eigenvalue weighted by Gasteiger charge is 2.09. The van der Waals surface area contributed by atoms with E-state index in [0.29, 0.717) is 26.9 Å². The second-order valence-corrected chi connectivity index (χ2v) is 4.71. The molecule has 5 heteroatoms. The van der Waals surface area contributed by atoms with Crippen LogP contribution in [0.1, 0.15) is 11.1 Å². The molecule has 0 aromatic heterocycles. The van der Waals surface area contributed by atoms with Crippen LogP contribution < -0.4 is 4.74 Å². The molecule has 2 aromatic rings. The fraction of sp³-hybridized carbons (Fsp3) is 0.143. The molecular weight excluding hydrogens is 290 g/mol. The van der Waals surface area contributed by atoms with E-state index in [1.807, 2.05) is 0 Å². The van der Waals surface area contributed by atoms with E-state index in [9.17, 15) is 4.39 Å². The van der Waals surface area contributed by atoms with E-state index in [4.69, 9.17) is 33.0 Å². The second-order valence-electron chi connectivity index (χ2n) is 3.90. The zero-order valence-electron chi connectivity index (χ0n) is 9.87. The summed E-state index contributed by atoms with van der Waals surface area (Å²) in [7, 11) is 0. The summed E-state index contributed by atoms with van der Waals surface area (Å²) < 4.78 is 18.6. The van der Waals surface area contributed by atoms with Crippen molar-refractivity contribution in [2.75, 3.05) is 0 Å². The Kier molecular flexibility index (Phi) is 4.64. The topological polar surface area (TPSA) is 29.5 Å². The molecule has 0 amide bonds. The Morgan fingerprint density at radius 2 is 1.79 bits per heavy atom. The van der Waals surface area contributed by atoms with E-state index in [-0.39, 0.29) is 13.2 Å². The lowest BCUT2D eigenvalue weighted by molar-refractivity contribution is 0.258. The fourth-order valence-electron chi connectivity index (χ4n) is 1.63. The maximum Gasteiger partial charge on any atom is 0.125 e. The molecule has 2 rings (SSSR count). The molecule has 0 atom stereocenters. The third kappa shape index (κ3) is 3.38. The zero-order chi connectivity index (χ0) is 13.8. The number of hydrogen-bond donors (Lipinski definition) is 1. The molecule has 1 N–H and O–H groups in total. The van der Waals surface area contributed by atoms with Gasteiger partial charge in [0.1, 0.15) is 18.2 Å². The van der Waals surface area contributed by atoms with Crippen molar-refractivity contribution in [3.63, 3.8) is 0 Å². The van der Waals surface area contributed by atoms with Crippen LogP contribution in [0.5, 0.6) is 5.75 Å². The Morgan fingerprint density at radius 1 is 1.11 bits per heavy atom. The Morgan fingerprint density at radius 3 is 2.42 bits per heavy atom. The van der Waals surface area contributed by atoms with E-state index in [2.05, 4.69) is 0 Å². The van der Waals surface area contributed by atoms with E-state index in [1.54, 1.807) is 18.2 Å². The van der Waals surface area contributed by atoms with Crippen molar-refractivity contribution in [3.8, 4) is 5.75 Å². The predicted molar refractivity (Wildman–Crippen MR) is 73.1 cm³/mol. The van der Waals surface area contributed by atoms with E-state index in [0.717, 1.165) is 0 Å². The third-order valence-corrected chi connectivity index (χ3v) is 3.33. The van der Waals surface area contributed by atoms with Crippen molar-refractivity contribution in [2.45, 2.75) is 13.2 Å². The molecule has 0 aliphatic carbocycles. The fourth-order valence-corrected chi connectivity index (χ4v) is 2.14. The first-order valence-electron chi connectivity index (χ1n) is 5.57. The predicted octanol–water partition coefficient (Wildman–Crippen LogP) is 4.20. The lowest BCUT2D eigenvalue weighted by Crippen LogP contribution is -2.00. The lowest BCUT2D eigenvalue weighted by Gasteiger charge is -2.12. The molecule has 2 aromatic carbocycles. The van der Waals surface area contributed by atoms with Crippen LogP contribution in [0.4, 0.5) is 4.39 Å². The van der Waals surface area contributed by atoms with Crippen LogP contribution in [-0.2, 0) is 13.2 Å². The minimum absolute atomic E-state index is 0.150. The SMILES string of the molecule is OCc1cc(F)ccc1OCc1c(Cl)cccc1Cl. The van der Waals surface area contributed by atoms with Gasteiger partial charge in [-0.3, -0.25) is 0 Å². The number of hydrogen-bond acceptors (Lipinski definition) is 2. The first-order valence-corrected chi connectivity index (χ1v) is 6.32. The summed E-state index contributed by atoms with van der Waals surface area (Å²) in [6.07, 6.45) is 0. The third-order valence-electron chi connectivity index (χ3n) is 2.63. The smallest absolute Gasteiger partial charge is 0.125 e. The summed E-state index contributed by atoms with van der Waals surface area (Å²) in [5.41, 5.74) is 1.03. The molecule has 0 saturated carbocycles. The average molecular weight is 301 g/mol. The van der Waals surface area contributed by atoms with Gasteiger partial charge in [-0.25, -0.2) is 4.39 Å². The first-order chi connectivity index (χ1) is 9.11. The molecule has 0 aliphatic rings. The normalized spacial score (nSPS) is 10.5. The van der Waals surface area contributed by atoms with Gasteiger partial charge in [0.25, 0.3) is 0 Å². The Bertz CT molecular complexity index is 567. The number of rotatable bonds is 4. The van der Waals surface area contributed by atoms with Crippen LogP contribution in [0.2, 0.25) is 10.0 Å². The van der Waals surface area contributed by atoms with Crippen molar-refractivity contribution < 1.29 is 14.2 Å². The van der Waals surface area contributed by atoms with E-state index >= 15 is 0 Å². The van der Waals surface area contributed by atoms with Gasteiger partial charge in [-0.1, -0.05) is 29.3 Å². The molecule has 100 valence electrons. The van der Waals surface area contributed by atoms with Crippen LogP contribution in [0.15, 0.2) is 36.4 Å². The summed E-state index contributed by atoms with van der Waals surface area (Å²) in [4.78, 5) is 0. The Hall–Kier alpha value is -1.29. The molecule has 0 unspecified atom stereocenters. The highest BCUT2D eigenvalue weighted by Crippen LogP contribution is 2.27. The van der Waals surface area contributed by atoms with Gasteiger partial charge in [-0.15, -0.1) is 0 Å². The van der Waals surface area contributed by atoms with Crippen LogP contribution in [0, 0.1) is 5.82 Å². The number of aliphatic hydroxyl groups is 1. The molecule has 0 bridgehead atoms. The first kappa shape index (κ1) is 14.1. The van der Waals surface area contributed by atoms with Crippen molar-refractivity contribution in [1.29, 1.82) is 0 Å². The summed E-state index contributed by atoms with van der Waals surface area (Å²) in [5, 5.41) is 10.2. The standard InChI is InChI=1S/C14H11Cl2FO2/c15-12-2-1-3-13(16)11(12)8-19-14-5-4-10(17)6-9(14)7-18/h1-6,18H,7-8H2. The number of halogens is 3. The van der Waals surface area contributed by atoms with Crippen LogP contribution in [0.25, 0.3) is 0 Å². The van der Waals surface area contributed by atoms with Crippen molar-refractivity contribution in [1.82, 2.24) is 0 Å². The Labute approximate surface area is 120 Å². The van der Waals surface area contributed by atoms with Gasteiger partial charge in [-0.2, -0.15) is 0 Å². The minimum Gasteiger partial charge on any atom is -0.488 e. The molecule has 0 radical (unpaired) electrons. The molecule has 0 heterocycles. The maximum atomic E-state index is 13.0. The second kappa shape index (κ2) is 6.24. The molecular formula is C14H11Cl2FO2. The van der Waals surface area contributed by atoms with Gasteiger partial charge in [-0.05, 0) is 30.3 Å². The van der Waals surface area contributed by atoms with Crippen molar-refractivity contribution >= 4 is 23.2 Å². The quantitative estimate of drug-likeness (QED) is 0.917. The number of aliphatic hydroxyl groups excluding tert-OH is 1. The zero-order valence-corrected chi connectivity index (χ0v) is 11.4. The summed E-state index contributed by atoms with van der Waals surface area (Å²) >= 11 is 12.0.